The Morgan fingerprint density at radius 1 is 0.821 bits per heavy atom. The maximum Gasteiger partial charge on any atom is 0.255 e. The van der Waals surface area contributed by atoms with Crippen LogP contribution in [0.15, 0.2) is 109 Å². The van der Waals surface area contributed by atoms with Gasteiger partial charge >= 0.3 is 0 Å². The predicted molar refractivity (Wildman–Crippen MR) is 298 cm³/mol. The molecule has 0 radical (unpaired) electrons. The van der Waals surface area contributed by atoms with Crippen molar-refractivity contribution in [3.8, 4) is 21.7 Å². The van der Waals surface area contributed by atoms with Crippen molar-refractivity contribution >= 4 is 58.2 Å². The first-order chi connectivity index (χ1) is 37.6. The molecule has 5 N–H and O–H groups in total. The molecule has 0 aliphatic carbocycles. The van der Waals surface area contributed by atoms with Gasteiger partial charge < -0.3 is 45.6 Å². The molecule has 0 spiro atoms. The number of benzene rings is 3. The molecule has 0 bridgehead atoms. The van der Waals surface area contributed by atoms with Crippen molar-refractivity contribution in [2.45, 2.75) is 85.2 Å². The van der Waals surface area contributed by atoms with Crippen LogP contribution in [-0.4, -0.2) is 147 Å². The zero-order valence-corrected chi connectivity index (χ0v) is 45.7. The van der Waals surface area contributed by atoms with E-state index in [9.17, 15) is 29.1 Å². The highest BCUT2D eigenvalue weighted by Gasteiger charge is 2.44. The van der Waals surface area contributed by atoms with Crippen molar-refractivity contribution in [2.75, 3.05) is 69.8 Å². The van der Waals surface area contributed by atoms with Gasteiger partial charge in [-0.25, -0.2) is 15.0 Å². The minimum Gasteiger partial charge on any atom is -0.391 e. The highest BCUT2D eigenvalue weighted by atomic mass is 32.1. The summed E-state index contributed by atoms with van der Waals surface area (Å²) in [6.45, 7) is 13.8. The van der Waals surface area contributed by atoms with Crippen LogP contribution in [0.2, 0.25) is 0 Å². The summed E-state index contributed by atoms with van der Waals surface area (Å²) in [5, 5.41) is 22.7. The zero-order chi connectivity index (χ0) is 55.2. The fourth-order valence-corrected chi connectivity index (χ4v) is 10.1. The number of pyridine rings is 1. The lowest BCUT2D eigenvalue weighted by atomic mass is 9.85. The number of likely N-dealkylation sites (tertiary alicyclic amines) is 1. The van der Waals surface area contributed by atoms with Crippen molar-refractivity contribution < 1.29 is 38.6 Å². The molecule has 20 heteroatoms. The lowest BCUT2D eigenvalue weighted by Gasteiger charge is -2.35. The number of β-amino-alcohol motifs (C(OH)–C–C–N with tert-alkyl or cyclic N) is 1. The lowest BCUT2D eigenvalue weighted by Crippen LogP contribution is -2.57. The number of piperazine rings is 1. The second kappa shape index (κ2) is 26.7. The molecule has 410 valence electrons. The van der Waals surface area contributed by atoms with E-state index in [0.29, 0.717) is 49.9 Å². The number of hydrogen-bond acceptors (Lipinski definition) is 15. The second-order valence-corrected chi connectivity index (χ2v) is 21.5. The van der Waals surface area contributed by atoms with Gasteiger partial charge in [-0.3, -0.25) is 33.9 Å². The molecule has 2 fully saturated rings. The molecule has 3 unspecified atom stereocenters. The number of aryl methyl sites for hydroxylation is 2. The number of rotatable bonds is 22. The summed E-state index contributed by atoms with van der Waals surface area (Å²) in [7, 11) is 0. The molecule has 5 amide bonds. The van der Waals surface area contributed by atoms with Gasteiger partial charge in [0.1, 0.15) is 12.1 Å². The Morgan fingerprint density at radius 2 is 1.55 bits per heavy atom. The SMILES string of the molecule is Cc1ccc(NC(=O)c2ccc(CN3CCN(C(=O)CCOCCOCCC(=O)NC(C(=O)N4CC(O)CC4C(=O)NCc4ccc(-c5scnc5C)cc4)C(C)(C)C)CC3)cc2)cc1Nc1nccc(-c2cccnc2)n1. The van der Waals surface area contributed by atoms with E-state index in [0.717, 1.165) is 49.8 Å². The molecular formula is C58H69N11O8S. The van der Waals surface area contributed by atoms with E-state index < -0.39 is 29.5 Å². The monoisotopic (exact) mass is 1080 g/mol. The van der Waals surface area contributed by atoms with E-state index in [-0.39, 0.29) is 82.4 Å². The van der Waals surface area contributed by atoms with Gasteiger partial charge in [0.2, 0.25) is 29.6 Å². The Bertz CT molecular complexity index is 3000. The van der Waals surface area contributed by atoms with E-state index in [1.54, 1.807) is 29.9 Å². The van der Waals surface area contributed by atoms with Gasteiger partial charge in [-0.1, -0.05) is 63.2 Å². The average molecular weight is 1080 g/mol. The van der Waals surface area contributed by atoms with Crippen LogP contribution in [-0.2, 0) is 41.7 Å². The van der Waals surface area contributed by atoms with Gasteiger partial charge in [0.25, 0.3) is 5.91 Å². The standard InChI is InChI=1S/C58H69N11O8S/c1-38-8-17-45(31-48(38)65-57-60-22-18-47(64-57)44-7-6-21-59-34-44)63-54(73)43-15-11-41(12-16-43)35-67-23-25-68(26-24-67)51(72)20-28-77-30-29-76-27-19-50(71)66-53(58(3,4)5)56(75)69-36-46(70)32-49(69)55(74)61-33-40-9-13-42(14-10-40)52-39(2)62-37-78-52/h6-18,21-22,31,34,37,46,49,53,70H,19-20,23-30,32-33,35-36H2,1-5H3,(H,61,74)(H,63,73)(H,66,71)(H,60,64,65). The first-order valence-electron chi connectivity index (χ1n) is 26.3. The molecular weight excluding hydrogens is 1010 g/mol. The third kappa shape index (κ3) is 15.6. The molecule has 3 aromatic carbocycles. The summed E-state index contributed by atoms with van der Waals surface area (Å²) in [5.74, 6) is -0.973. The number of carbonyl (C=O) groups is 5. The summed E-state index contributed by atoms with van der Waals surface area (Å²) in [5.41, 5.74) is 9.59. The van der Waals surface area contributed by atoms with Gasteiger partial charge in [-0.2, -0.15) is 0 Å². The van der Waals surface area contributed by atoms with E-state index in [1.807, 2.05) is 130 Å². The molecule has 6 aromatic rings. The molecule has 0 saturated carbocycles. The first kappa shape index (κ1) is 56.7. The summed E-state index contributed by atoms with van der Waals surface area (Å²) >= 11 is 1.57. The van der Waals surface area contributed by atoms with E-state index >= 15 is 0 Å². The lowest BCUT2D eigenvalue weighted by molar-refractivity contribution is -0.144. The molecule has 5 heterocycles. The Balaban J connectivity index is 0.686. The quantitative estimate of drug-likeness (QED) is 0.0455. The third-order valence-electron chi connectivity index (χ3n) is 13.7. The van der Waals surface area contributed by atoms with Crippen LogP contribution < -0.4 is 21.3 Å². The van der Waals surface area contributed by atoms with Gasteiger partial charge in [-0.05, 0) is 84.0 Å². The van der Waals surface area contributed by atoms with Crippen molar-refractivity contribution in [1.29, 1.82) is 0 Å². The van der Waals surface area contributed by atoms with Crippen LogP contribution in [0.1, 0.15) is 72.8 Å². The minimum absolute atomic E-state index is 0.00237. The topological polar surface area (TPSA) is 233 Å². The van der Waals surface area contributed by atoms with Crippen LogP contribution >= 0.6 is 11.3 Å². The maximum atomic E-state index is 14.0. The van der Waals surface area contributed by atoms with Crippen LogP contribution in [0.4, 0.5) is 17.3 Å². The molecule has 2 saturated heterocycles. The van der Waals surface area contributed by atoms with Crippen LogP contribution in [0, 0.1) is 19.3 Å². The number of nitrogens with zero attached hydrogens (tertiary/aromatic N) is 7. The number of aromatic nitrogens is 4. The van der Waals surface area contributed by atoms with Gasteiger partial charge in [-0.15, -0.1) is 11.3 Å². The maximum absolute atomic E-state index is 14.0. The minimum atomic E-state index is -0.951. The Morgan fingerprint density at radius 3 is 2.24 bits per heavy atom. The van der Waals surface area contributed by atoms with E-state index in [2.05, 4.69) is 46.1 Å². The molecule has 8 rings (SSSR count). The van der Waals surface area contributed by atoms with Gasteiger partial charge in [0.05, 0.1) is 60.7 Å². The molecule has 19 nitrogen and oxygen atoms in total. The van der Waals surface area contributed by atoms with Crippen LogP contribution in [0.5, 0.6) is 0 Å². The Hall–Kier alpha value is -7.49. The van der Waals surface area contributed by atoms with Crippen molar-refractivity contribution in [3.05, 3.63) is 137 Å². The first-order valence-corrected chi connectivity index (χ1v) is 27.2. The van der Waals surface area contributed by atoms with E-state index in [1.165, 1.54) is 4.90 Å². The summed E-state index contributed by atoms with van der Waals surface area (Å²) < 4.78 is 11.3. The van der Waals surface area contributed by atoms with E-state index in [4.69, 9.17) is 9.47 Å². The number of thiazole rings is 1. The summed E-state index contributed by atoms with van der Waals surface area (Å²) in [6, 6.07) is 24.8. The average Bonchev–Trinajstić information content (AvgIpc) is 4.07. The fourth-order valence-electron chi connectivity index (χ4n) is 9.25. The van der Waals surface area contributed by atoms with Crippen molar-refractivity contribution in [2.24, 2.45) is 5.41 Å². The Labute approximate surface area is 459 Å². The van der Waals surface area contributed by atoms with Crippen LogP contribution in [0.25, 0.3) is 21.7 Å². The highest BCUT2D eigenvalue weighted by Crippen LogP contribution is 2.29. The van der Waals surface area contributed by atoms with Crippen molar-refractivity contribution in [3.63, 3.8) is 0 Å². The second-order valence-electron chi connectivity index (χ2n) is 20.6. The third-order valence-corrected chi connectivity index (χ3v) is 14.7. The largest absolute Gasteiger partial charge is 0.391 e. The molecule has 3 aromatic heterocycles. The number of ether oxygens (including phenoxy) is 2. The molecule has 78 heavy (non-hydrogen) atoms. The number of hydrogen-bond donors (Lipinski definition) is 5. The highest BCUT2D eigenvalue weighted by molar-refractivity contribution is 7.13. The summed E-state index contributed by atoms with van der Waals surface area (Å²) in [4.78, 5) is 91.0. The number of nitrogens with one attached hydrogen (secondary N) is 4. The predicted octanol–water partition coefficient (Wildman–Crippen LogP) is 6.54. The van der Waals surface area contributed by atoms with Gasteiger partial charge in [0, 0.05) is 99.7 Å². The Kier molecular flexibility index (Phi) is 19.4. The molecule has 3 atom stereocenters. The number of amides is 5. The molecule has 2 aliphatic rings. The smallest absolute Gasteiger partial charge is 0.255 e. The zero-order valence-electron chi connectivity index (χ0n) is 44.9. The van der Waals surface area contributed by atoms with Gasteiger partial charge in [0.15, 0.2) is 0 Å². The number of carbonyl (C=O) groups excluding carboxylic acids is 5. The fraction of sp³-hybridized carbons (Fsp3) is 0.397. The van der Waals surface area contributed by atoms with Crippen LogP contribution in [0.3, 0.4) is 0 Å². The normalized spacial score (nSPS) is 16.1. The number of aliphatic hydroxyl groups is 1. The van der Waals surface area contributed by atoms with Crippen molar-refractivity contribution in [1.82, 2.24) is 45.3 Å². The summed E-state index contributed by atoms with van der Waals surface area (Å²) in [6.07, 6.45) is 4.60. The number of aliphatic hydroxyl groups excluding tert-OH is 1. The molecule has 2 aliphatic heterocycles. The number of anilines is 3.